The number of nitrogens with zero attached hydrogens (tertiary/aromatic N) is 1. The molecule has 6 nitrogen and oxygen atoms in total. The second-order valence-electron chi connectivity index (χ2n) is 8.93. The molecule has 0 spiro atoms. The molecule has 2 aromatic heterocycles. The number of sulfone groups is 1. The van der Waals surface area contributed by atoms with Crippen LogP contribution in [0.2, 0.25) is 0 Å². The van der Waals surface area contributed by atoms with E-state index < -0.39 is 21.5 Å². The Kier molecular flexibility index (Phi) is 5.31. The van der Waals surface area contributed by atoms with E-state index in [1.165, 1.54) is 23.0 Å². The van der Waals surface area contributed by atoms with E-state index in [9.17, 15) is 22.0 Å². The fourth-order valence-corrected chi connectivity index (χ4v) is 5.16. The average Bonchev–Trinajstić information content (AvgIpc) is 3.48. The number of H-pyrrole nitrogens is 1. The molecule has 9 heteroatoms. The molecule has 0 unspecified atom stereocenters. The van der Waals surface area contributed by atoms with Crippen LogP contribution in [0.15, 0.2) is 53.6 Å². The van der Waals surface area contributed by atoms with Crippen molar-refractivity contribution in [2.75, 3.05) is 11.6 Å². The number of pyridine rings is 1. The first-order valence-electron chi connectivity index (χ1n) is 10.8. The number of anilines is 2. The van der Waals surface area contributed by atoms with Crippen molar-refractivity contribution in [3.63, 3.8) is 0 Å². The van der Waals surface area contributed by atoms with Crippen LogP contribution < -0.4 is 10.9 Å². The van der Waals surface area contributed by atoms with Crippen LogP contribution in [0.5, 0.6) is 0 Å². The third-order valence-corrected chi connectivity index (χ3v) is 6.91. The Hall–Kier alpha value is -3.46. The Balaban J connectivity index is 1.80. The topological polar surface area (TPSA) is 84.0 Å². The van der Waals surface area contributed by atoms with Gasteiger partial charge in [-0.15, -0.1) is 0 Å². The van der Waals surface area contributed by atoms with Crippen molar-refractivity contribution >= 4 is 32.1 Å². The molecular weight excluding hydrogens is 460 g/mol. The largest absolute Gasteiger partial charge is 0.357 e. The summed E-state index contributed by atoms with van der Waals surface area (Å²) < 4.78 is 53.8. The zero-order valence-electron chi connectivity index (χ0n) is 18.7. The maximum atomic E-state index is 14.6. The highest BCUT2D eigenvalue weighted by molar-refractivity contribution is 7.89. The van der Waals surface area contributed by atoms with E-state index in [0.29, 0.717) is 33.3 Å². The normalized spacial score (nSPS) is 14.0. The molecule has 176 valence electrons. The van der Waals surface area contributed by atoms with Gasteiger partial charge in [-0.1, -0.05) is 6.07 Å². The fourth-order valence-electron chi connectivity index (χ4n) is 4.39. The van der Waals surface area contributed by atoms with Crippen LogP contribution in [0, 0.1) is 11.6 Å². The van der Waals surface area contributed by atoms with Crippen molar-refractivity contribution in [2.45, 2.75) is 24.5 Å². The summed E-state index contributed by atoms with van der Waals surface area (Å²) in [5.74, 6) is -1.37. The quantitative estimate of drug-likeness (QED) is 0.405. The minimum atomic E-state index is -3.31. The van der Waals surface area contributed by atoms with Gasteiger partial charge in [0.05, 0.1) is 17.1 Å². The molecule has 2 N–H and O–H groups in total. The van der Waals surface area contributed by atoms with Gasteiger partial charge in [-0.25, -0.2) is 17.2 Å². The van der Waals surface area contributed by atoms with Crippen molar-refractivity contribution in [1.29, 1.82) is 0 Å². The Labute approximate surface area is 195 Å². The van der Waals surface area contributed by atoms with Crippen LogP contribution in [0.3, 0.4) is 0 Å². The van der Waals surface area contributed by atoms with Gasteiger partial charge in [0.15, 0.2) is 9.84 Å². The molecule has 1 aliphatic carbocycles. The van der Waals surface area contributed by atoms with Gasteiger partial charge in [0.1, 0.15) is 17.2 Å². The molecule has 2 aromatic carbocycles. The SMILES string of the molecule is Cn1cc(-c2cc(CS(C)(=O)=O)cc(C3CC3)c2Nc2ccc(F)cc2F)c2cc[nH]c2c1=O. The fraction of sp³-hybridized carbons (Fsp3) is 0.240. The molecule has 1 fully saturated rings. The highest BCUT2D eigenvalue weighted by atomic mass is 32.2. The number of rotatable bonds is 6. The first-order chi connectivity index (χ1) is 16.1. The molecular formula is C25H23F2N3O3S. The van der Waals surface area contributed by atoms with Crippen LogP contribution in [-0.2, 0) is 22.6 Å². The number of aromatic amines is 1. The van der Waals surface area contributed by atoms with Crippen LogP contribution in [0.1, 0.15) is 29.9 Å². The Morgan fingerprint density at radius 1 is 1.12 bits per heavy atom. The first-order valence-corrected chi connectivity index (χ1v) is 12.9. The van der Waals surface area contributed by atoms with E-state index in [4.69, 9.17) is 0 Å². The van der Waals surface area contributed by atoms with E-state index in [-0.39, 0.29) is 22.9 Å². The molecule has 0 atom stereocenters. The molecule has 5 rings (SSSR count). The molecule has 0 bridgehead atoms. The number of nitrogens with one attached hydrogen (secondary N) is 2. The third kappa shape index (κ3) is 4.23. The van der Waals surface area contributed by atoms with Gasteiger partial charge in [-0.05, 0) is 54.2 Å². The minimum absolute atomic E-state index is 0.107. The van der Waals surface area contributed by atoms with E-state index in [1.807, 2.05) is 6.07 Å². The number of halogens is 2. The van der Waals surface area contributed by atoms with Gasteiger partial charge in [-0.3, -0.25) is 4.79 Å². The summed E-state index contributed by atoms with van der Waals surface area (Å²) in [6.45, 7) is 0. The number of benzene rings is 2. The molecule has 0 saturated heterocycles. The maximum Gasteiger partial charge on any atom is 0.274 e. The van der Waals surface area contributed by atoms with Crippen molar-refractivity contribution < 1.29 is 17.2 Å². The molecule has 0 amide bonds. The zero-order chi connectivity index (χ0) is 24.2. The maximum absolute atomic E-state index is 14.6. The lowest BCUT2D eigenvalue weighted by molar-refractivity contribution is 0.586. The highest BCUT2D eigenvalue weighted by Gasteiger charge is 2.30. The summed E-state index contributed by atoms with van der Waals surface area (Å²) in [6, 6.07) is 8.73. The molecule has 34 heavy (non-hydrogen) atoms. The van der Waals surface area contributed by atoms with Gasteiger partial charge >= 0.3 is 0 Å². The van der Waals surface area contributed by atoms with Crippen LogP contribution >= 0.6 is 0 Å². The first kappa shape index (κ1) is 22.3. The summed E-state index contributed by atoms with van der Waals surface area (Å²) in [7, 11) is -1.67. The average molecular weight is 484 g/mol. The van der Waals surface area contributed by atoms with E-state index in [1.54, 1.807) is 31.6 Å². The third-order valence-electron chi connectivity index (χ3n) is 6.05. The second kappa shape index (κ2) is 8.09. The van der Waals surface area contributed by atoms with Gasteiger partial charge in [0, 0.05) is 48.3 Å². The lowest BCUT2D eigenvalue weighted by atomic mass is 9.94. The van der Waals surface area contributed by atoms with Crippen molar-refractivity contribution in [3.8, 4) is 11.1 Å². The predicted molar refractivity (Wildman–Crippen MR) is 129 cm³/mol. The number of hydrogen-bond acceptors (Lipinski definition) is 4. The van der Waals surface area contributed by atoms with Gasteiger partial charge in [-0.2, -0.15) is 0 Å². The Bertz CT molecular complexity index is 1600. The highest BCUT2D eigenvalue weighted by Crippen LogP contribution is 2.48. The summed E-state index contributed by atoms with van der Waals surface area (Å²) in [5.41, 5.74) is 3.77. The minimum Gasteiger partial charge on any atom is -0.357 e. The lowest BCUT2D eigenvalue weighted by Crippen LogP contribution is -2.16. The zero-order valence-corrected chi connectivity index (χ0v) is 19.5. The molecule has 0 radical (unpaired) electrons. The molecule has 1 aliphatic rings. The van der Waals surface area contributed by atoms with E-state index >= 15 is 0 Å². The van der Waals surface area contributed by atoms with Gasteiger partial charge in [0.2, 0.25) is 0 Å². The predicted octanol–water partition coefficient (Wildman–Crippen LogP) is 4.98. The molecule has 4 aromatic rings. The van der Waals surface area contributed by atoms with Gasteiger partial charge < -0.3 is 14.9 Å². The van der Waals surface area contributed by atoms with Crippen LogP contribution in [0.25, 0.3) is 22.0 Å². The Morgan fingerprint density at radius 2 is 1.88 bits per heavy atom. The van der Waals surface area contributed by atoms with E-state index in [2.05, 4.69) is 10.3 Å². The molecule has 0 aliphatic heterocycles. The second-order valence-corrected chi connectivity index (χ2v) is 11.1. The summed E-state index contributed by atoms with van der Waals surface area (Å²) in [5, 5.41) is 3.82. The summed E-state index contributed by atoms with van der Waals surface area (Å²) >= 11 is 0. The number of fused-ring (bicyclic) bond motifs is 1. The number of hydrogen-bond donors (Lipinski definition) is 2. The van der Waals surface area contributed by atoms with Crippen LogP contribution in [0.4, 0.5) is 20.2 Å². The van der Waals surface area contributed by atoms with Crippen LogP contribution in [-0.4, -0.2) is 24.2 Å². The number of aromatic nitrogens is 2. The van der Waals surface area contributed by atoms with Crippen molar-refractivity contribution in [2.24, 2.45) is 7.05 Å². The Morgan fingerprint density at radius 3 is 2.56 bits per heavy atom. The lowest BCUT2D eigenvalue weighted by Gasteiger charge is -2.20. The summed E-state index contributed by atoms with van der Waals surface area (Å²) in [4.78, 5) is 15.6. The van der Waals surface area contributed by atoms with Crippen molar-refractivity contribution in [3.05, 3.63) is 81.9 Å². The van der Waals surface area contributed by atoms with Gasteiger partial charge in [0.25, 0.3) is 5.56 Å². The van der Waals surface area contributed by atoms with E-state index in [0.717, 1.165) is 24.5 Å². The molecule has 1 saturated carbocycles. The smallest absolute Gasteiger partial charge is 0.274 e. The summed E-state index contributed by atoms with van der Waals surface area (Å²) in [6.07, 6.45) is 6.40. The van der Waals surface area contributed by atoms with Crippen molar-refractivity contribution in [1.82, 2.24) is 9.55 Å². The number of aryl methyl sites for hydroxylation is 1. The monoisotopic (exact) mass is 483 g/mol. The standard InChI is InChI=1S/C25H23F2N3O3S/c1-30-12-20(17-7-8-28-24(17)25(30)31)19-10-14(13-34(2,32)33)9-18(15-3-4-15)23(19)29-22-6-5-16(26)11-21(22)27/h5-12,15,28-29H,3-4,13H2,1-2H3. The molecule has 2 heterocycles.